The summed E-state index contributed by atoms with van der Waals surface area (Å²) >= 11 is 6.23. The lowest BCUT2D eigenvalue weighted by Gasteiger charge is -2.24. The van der Waals surface area contributed by atoms with Crippen LogP contribution in [0.2, 0.25) is 5.15 Å². The predicted octanol–water partition coefficient (Wildman–Crippen LogP) is 5.57. The highest BCUT2D eigenvalue weighted by Crippen LogP contribution is 2.34. The van der Waals surface area contributed by atoms with Crippen LogP contribution >= 0.6 is 11.6 Å². The number of H-pyrrole nitrogens is 1. The molecule has 0 amide bonds. The Labute approximate surface area is 157 Å². The van der Waals surface area contributed by atoms with E-state index in [0.29, 0.717) is 11.2 Å². The number of fused-ring (bicyclic) bond motifs is 1. The van der Waals surface area contributed by atoms with Gasteiger partial charge < -0.3 is 5.32 Å². The summed E-state index contributed by atoms with van der Waals surface area (Å²) in [4.78, 5) is 4.79. The first-order valence-electron chi connectivity index (χ1n) is 8.99. The standard InChI is InChI=1S/C20H22ClN5/c1-3-17-23-18(13-10-11-16-15(12-13)19(21)25-24-16)20(26(17)4-2)22-14-8-6-5-7-9-14/h3-4,10-12,14,22H,1-2,5-9H2,(H,24,25). The average Bonchev–Trinajstić information content (AvgIpc) is 3.22. The fourth-order valence-electron chi connectivity index (χ4n) is 3.68. The van der Waals surface area contributed by atoms with Gasteiger partial charge in [0, 0.05) is 23.2 Å². The number of halogens is 1. The van der Waals surface area contributed by atoms with Crippen LogP contribution in [0, 0.1) is 0 Å². The van der Waals surface area contributed by atoms with Gasteiger partial charge in [0.1, 0.15) is 22.5 Å². The summed E-state index contributed by atoms with van der Waals surface area (Å²) in [6.45, 7) is 7.85. The van der Waals surface area contributed by atoms with Crippen molar-refractivity contribution in [2.24, 2.45) is 0 Å². The summed E-state index contributed by atoms with van der Waals surface area (Å²) in [6.07, 6.45) is 9.73. The van der Waals surface area contributed by atoms with Crippen LogP contribution in [0.3, 0.4) is 0 Å². The Morgan fingerprint density at radius 2 is 2.04 bits per heavy atom. The smallest absolute Gasteiger partial charge is 0.139 e. The van der Waals surface area contributed by atoms with Gasteiger partial charge in [0.2, 0.25) is 0 Å². The van der Waals surface area contributed by atoms with E-state index in [1.165, 1.54) is 32.1 Å². The Kier molecular flexibility index (Phi) is 4.55. The zero-order valence-corrected chi connectivity index (χ0v) is 15.4. The Bertz CT molecular complexity index is 962. The Morgan fingerprint density at radius 3 is 2.77 bits per heavy atom. The highest BCUT2D eigenvalue weighted by molar-refractivity contribution is 6.34. The summed E-state index contributed by atoms with van der Waals surface area (Å²) in [5, 5.41) is 12.1. The van der Waals surface area contributed by atoms with Gasteiger partial charge in [0.15, 0.2) is 0 Å². The van der Waals surface area contributed by atoms with Gasteiger partial charge in [-0.2, -0.15) is 5.10 Å². The van der Waals surface area contributed by atoms with Crippen molar-refractivity contribution in [2.75, 3.05) is 5.32 Å². The molecule has 1 aliphatic carbocycles. The highest BCUT2D eigenvalue weighted by Gasteiger charge is 2.21. The van der Waals surface area contributed by atoms with Gasteiger partial charge in [0.05, 0.1) is 5.52 Å². The van der Waals surface area contributed by atoms with Crippen molar-refractivity contribution in [1.82, 2.24) is 19.7 Å². The number of aromatic amines is 1. The van der Waals surface area contributed by atoms with E-state index < -0.39 is 0 Å². The van der Waals surface area contributed by atoms with Gasteiger partial charge in [-0.15, -0.1) is 0 Å². The summed E-state index contributed by atoms with van der Waals surface area (Å²) < 4.78 is 1.97. The molecule has 0 saturated heterocycles. The number of nitrogens with one attached hydrogen (secondary N) is 2. The van der Waals surface area contributed by atoms with Crippen molar-refractivity contribution < 1.29 is 0 Å². The normalized spacial score (nSPS) is 15.3. The molecule has 0 radical (unpaired) electrons. The van der Waals surface area contributed by atoms with Crippen molar-refractivity contribution >= 4 is 40.6 Å². The van der Waals surface area contributed by atoms with E-state index in [1.807, 2.05) is 22.8 Å². The number of rotatable bonds is 5. The van der Waals surface area contributed by atoms with Gasteiger partial charge in [-0.1, -0.05) is 50.1 Å². The maximum atomic E-state index is 6.23. The minimum Gasteiger partial charge on any atom is -0.367 e. The second-order valence-electron chi connectivity index (χ2n) is 6.67. The molecule has 3 aromatic rings. The fraction of sp³-hybridized carbons (Fsp3) is 0.300. The highest BCUT2D eigenvalue weighted by atomic mass is 35.5. The summed E-state index contributed by atoms with van der Waals surface area (Å²) in [6, 6.07) is 6.46. The molecule has 1 saturated carbocycles. The predicted molar refractivity (Wildman–Crippen MR) is 109 cm³/mol. The van der Waals surface area contributed by atoms with E-state index in [1.54, 1.807) is 12.3 Å². The lowest BCUT2D eigenvalue weighted by atomic mass is 9.95. The molecule has 4 rings (SSSR count). The molecular formula is C20H22ClN5. The summed E-state index contributed by atoms with van der Waals surface area (Å²) in [5.41, 5.74) is 2.71. The van der Waals surface area contributed by atoms with Crippen LogP contribution < -0.4 is 5.32 Å². The first kappa shape index (κ1) is 16.9. The van der Waals surface area contributed by atoms with Gasteiger partial charge in [-0.05, 0) is 31.1 Å². The van der Waals surface area contributed by atoms with Crippen molar-refractivity contribution in [1.29, 1.82) is 0 Å². The SMILES string of the molecule is C=Cc1nc(-c2ccc3n[nH]c(Cl)c3c2)c(NC2CCCCC2)n1C=C. The largest absolute Gasteiger partial charge is 0.367 e. The third kappa shape index (κ3) is 2.92. The monoisotopic (exact) mass is 367 g/mol. The maximum Gasteiger partial charge on any atom is 0.139 e. The number of aromatic nitrogens is 4. The molecular weight excluding hydrogens is 346 g/mol. The Hall–Kier alpha value is -2.53. The van der Waals surface area contributed by atoms with E-state index in [9.17, 15) is 0 Å². The first-order chi connectivity index (χ1) is 12.7. The van der Waals surface area contributed by atoms with E-state index in [4.69, 9.17) is 16.6 Å². The van der Waals surface area contributed by atoms with Crippen molar-refractivity contribution in [3.63, 3.8) is 0 Å². The Morgan fingerprint density at radius 1 is 1.23 bits per heavy atom. The molecule has 6 heteroatoms. The van der Waals surface area contributed by atoms with Gasteiger partial charge >= 0.3 is 0 Å². The van der Waals surface area contributed by atoms with Crippen LogP contribution in [0.25, 0.3) is 34.4 Å². The van der Waals surface area contributed by atoms with Crippen LogP contribution in [0.5, 0.6) is 0 Å². The molecule has 134 valence electrons. The third-order valence-corrected chi connectivity index (χ3v) is 5.32. The van der Waals surface area contributed by atoms with Crippen LogP contribution in [-0.2, 0) is 0 Å². The number of hydrogen-bond donors (Lipinski definition) is 2. The van der Waals surface area contributed by atoms with Gasteiger partial charge in [-0.25, -0.2) is 4.98 Å². The lowest BCUT2D eigenvalue weighted by molar-refractivity contribution is 0.461. The number of benzene rings is 1. The zero-order chi connectivity index (χ0) is 18.1. The van der Waals surface area contributed by atoms with E-state index >= 15 is 0 Å². The van der Waals surface area contributed by atoms with Crippen molar-refractivity contribution in [3.05, 3.63) is 42.3 Å². The van der Waals surface area contributed by atoms with E-state index in [2.05, 4.69) is 28.7 Å². The second-order valence-corrected chi connectivity index (χ2v) is 7.05. The molecule has 0 bridgehead atoms. The number of anilines is 1. The molecule has 1 aromatic carbocycles. The zero-order valence-electron chi connectivity index (χ0n) is 14.6. The molecule has 2 heterocycles. The van der Waals surface area contributed by atoms with E-state index in [0.717, 1.165) is 33.8 Å². The molecule has 0 unspecified atom stereocenters. The molecule has 0 atom stereocenters. The van der Waals surface area contributed by atoms with Crippen LogP contribution in [0.15, 0.2) is 31.4 Å². The molecule has 5 nitrogen and oxygen atoms in total. The summed E-state index contributed by atoms with van der Waals surface area (Å²) in [5.74, 6) is 1.73. The number of hydrogen-bond acceptors (Lipinski definition) is 3. The second kappa shape index (κ2) is 7.00. The summed E-state index contributed by atoms with van der Waals surface area (Å²) in [7, 11) is 0. The van der Waals surface area contributed by atoms with Crippen LogP contribution in [0.1, 0.15) is 37.9 Å². The molecule has 26 heavy (non-hydrogen) atoms. The quantitative estimate of drug-likeness (QED) is 0.619. The maximum absolute atomic E-state index is 6.23. The lowest BCUT2D eigenvalue weighted by Crippen LogP contribution is -2.23. The van der Waals surface area contributed by atoms with Crippen molar-refractivity contribution in [2.45, 2.75) is 38.1 Å². The van der Waals surface area contributed by atoms with Crippen LogP contribution in [-0.4, -0.2) is 25.8 Å². The van der Waals surface area contributed by atoms with Gasteiger partial charge in [-0.3, -0.25) is 9.67 Å². The minimum atomic E-state index is 0.455. The Balaban J connectivity index is 1.82. The third-order valence-electron chi connectivity index (χ3n) is 5.03. The molecule has 0 aliphatic heterocycles. The number of imidazole rings is 1. The first-order valence-corrected chi connectivity index (χ1v) is 9.37. The molecule has 2 aromatic heterocycles. The number of nitrogens with zero attached hydrogens (tertiary/aromatic N) is 3. The molecule has 2 N–H and O–H groups in total. The van der Waals surface area contributed by atoms with Crippen molar-refractivity contribution in [3.8, 4) is 11.3 Å². The van der Waals surface area contributed by atoms with Gasteiger partial charge in [0.25, 0.3) is 0 Å². The molecule has 0 spiro atoms. The fourth-order valence-corrected chi connectivity index (χ4v) is 3.88. The average molecular weight is 368 g/mol. The molecule has 1 fully saturated rings. The van der Waals surface area contributed by atoms with Crippen LogP contribution in [0.4, 0.5) is 5.82 Å². The topological polar surface area (TPSA) is 58.5 Å². The minimum absolute atomic E-state index is 0.455. The molecule has 1 aliphatic rings. The van der Waals surface area contributed by atoms with E-state index in [-0.39, 0.29) is 0 Å².